The minimum absolute atomic E-state index is 0.142. The van der Waals surface area contributed by atoms with E-state index in [1.807, 2.05) is 55.5 Å². The Hall–Kier alpha value is -3.86. The van der Waals surface area contributed by atoms with Crippen LogP contribution in [0.2, 0.25) is 0 Å². The molecule has 0 spiro atoms. The largest absolute Gasteiger partial charge is 0.488 e. The van der Waals surface area contributed by atoms with Crippen LogP contribution in [0.15, 0.2) is 88.1 Å². The number of fused-ring (bicyclic) bond motifs is 1. The Bertz CT molecular complexity index is 1240. The maximum atomic E-state index is 12.7. The van der Waals surface area contributed by atoms with E-state index < -0.39 is 5.63 Å². The first-order chi connectivity index (χ1) is 14.6. The predicted molar refractivity (Wildman–Crippen MR) is 117 cm³/mol. The van der Waals surface area contributed by atoms with Crippen LogP contribution in [0.5, 0.6) is 5.75 Å². The molecule has 150 valence electrons. The van der Waals surface area contributed by atoms with Crippen molar-refractivity contribution in [3.63, 3.8) is 0 Å². The monoisotopic (exact) mass is 399 g/mol. The third-order valence-corrected chi connectivity index (χ3v) is 4.85. The molecule has 1 amide bonds. The van der Waals surface area contributed by atoms with Gasteiger partial charge in [-0.15, -0.1) is 0 Å². The van der Waals surface area contributed by atoms with Crippen LogP contribution < -0.4 is 15.7 Å². The molecule has 0 aliphatic carbocycles. The van der Waals surface area contributed by atoms with Crippen LogP contribution in [0.4, 0.5) is 5.69 Å². The van der Waals surface area contributed by atoms with E-state index in [4.69, 9.17) is 9.15 Å². The first-order valence-electron chi connectivity index (χ1n) is 9.78. The third-order valence-electron chi connectivity index (χ3n) is 4.85. The molecule has 0 radical (unpaired) electrons. The van der Waals surface area contributed by atoms with E-state index in [1.165, 1.54) is 6.07 Å². The lowest BCUT2D eigenvalue weighted by Gasteiger charge is -2.13. The van der Waals surface area contributed by atoms with Gasteiger partial charge >= 0.3 is 5.63 Å². The number of benzene rings is 3. The molecular formula is C25H21NO4. The fourth-order valence-corrected chi connectivity index (χ4v) is 3.27. The fourth-order valence-electron chi connectivity index (χ4n) is 3.27. The van der Waals surface area contributed by atoms with Crippen molar-refractivity contribution in [3.05, 3.63) is 106 Å². The van der Waals surface area contributed by atoms with Crippen LogP contribution in [0.25, 0.3) is 11.0 Å². The zero-order valence-electron chi connectivity index (χ0n) is 16.6. The molecule has 1 aromatic heterocycles. The minimum atomic E-state index is -0.426. The maximum Gasteiger partial charge on any atom is 0.336 e. The van der Waals surface area contributed by atoms with Crippen LogP contribution in [0.1, 0.15) is 28.4 Å². The Morgan fingerprint density at radius 3 is 2.53 bits per heavy atom. The Kier molecular flexibility index (Phi) is 5.61. The Morgan fingerprint density at radius 2 is 1.73 bits per heavy atom. The summed E-state index contributed by atoms with van der Waals surface area (Å²) in [5, 5.41) is 3.68. The summed E-state index contributed by atoms with van der Waals surface area (Å²) in [6, 6.07) is 23.5. The van der Waals surface area contributed by atoms with Gasteiger partial charge in [0.15, 0.2) is 0 Å². The molecule has 1 N–H and O–H groups in total. The molecule has 0 atom stereocenters. The summed E-state index contributed by atoms with van der Waals surface area (Å²) in [4.78, 5) is 24.7. The number of anilines is 1. The van der Waals surface area contributed by atoms with E-state index in [1.54, 1.807) is 24.3 Å². The van der Waals surface area contributed by atoms with E-state index in [0.717, 1.165) is 17.4 Å². The Balaban J connectivity index is 1.59. The highest BCUT2D eigenvalue weighted by molar-refractivity contribution is 6.06. The fraction of sp³-hybridized carbons (Fsp3) is 0.120. The number of carbonyl (C=O) groups excluding carboxylic acids is 1. The summed E-state index contributed by atoms with van der Waals surface area (Å²) < 4.78 is 11.3. The van der Waals surface area contributed by atoms with Crippen LogP contribution >= 0.6 is 0 Å². The normalized spacial score (nSPS) is 10.7. The topological polar surface area (TPSA) is 68.5 Å². The second-order valence-electron chi connectivity index (χ2n) is 6.88. The van der Waals surface area contributed by atoms with Gasteiger partial charge in [0.05, 0.1) is 5.56 Å². The van der Waals surface area contributed by atoms with Crippen molar-refractivity contribution < 1.29 is 13.9 Å². The zero-order valence-corrected chi connectivity index (χ0v) is 16.6. The highest BCUT2D eigenvalue weighted by Crippen LogP contribution is 2.24. The minimum Gasteiger partial charge on any atom is -0.488 e. The van der Waals surface area contributed by atoms with Gasteiger partial charge < -0.3 is 14.5 Å². The predicted octanol–water partition coefficient (Wildman–Crippen LogP) is 5.19. The summed E-state index contributed by atoms with van der Waals surface area (Å²) in [5.74, 6) is 0.180. The smallest absolute Gasteiger partial charge is 0.336 e. The number of nitrogens with one attached hydrogen (secondary N) is 1. The quantitative estimate of drug-likeness (QED) is 0.453. The molecule has 30 heavy (non-hydrogen) atoms. The van der Waals surface area contributed by atoms with Crippen molar-refractivity contribution in [1.82, 2.24) is 0 Å². The number of amides is 1. The van der Waals surface area contributed by atoms with Gasteiger partial charge in [-0.25, -0.2) is 4.79 Å². The first kappa shape index (κ1) is 19.5. The van der Waals surface area contributed by atoms with E-state index in [-0.39, 0.29) is 12.5 Å². The SMILES string of the molecule is CCc1ccc2c(COc3ccccc3C(=O)Nc3ccccc3)cc(=O)oc2c1. The van der Waals surface area contributed by atoms with Gasteiger partial charge in [-0.05, 0) is 42.3 Å². The third kappa shape index (κ3) is 4.25. The molecule has 4 rings (SSSR count). The van der Waals surface area contributed by atoms with Crippen molar-refractivity contribution in [1.29, 1.82) is 0 Å². The van der Waals surface area contributed by atoms with Gasteiger partial charge in [-0.2, -0.15) is 0 Å². The molecule has 1 heterocycles. The zero-order chi connectivity index (χ0) is 20.9. The number of para-hydroxylation sites is 2. The maximum absolute atomic E-state index is 12.7. The van der Waals surface area contributed by atoms with E-state index in [0.29, 0.717) is 28.1 Å². The summed E-state index contributed by atoms with van der Waals surface area (Å²) in [6.07, 6.45) is 0.851. The van der Waals surface area contributed by atoms with Crippen molar-refractivity contribution >= 4 is 22.6 Å². The molecular weight excluding hydrogens is 378 g/mol. The molecule has 0 fully saturated rings. The van der Waals surface area contributed by atoms with Gasteiger partial charge in [0, 0.05) is 22.7 Å². The van der Waals surface area contributed by atoms with Gasteiger partial charge in [0.25, 0.3) is 5.91 Å². The van der Waals surface area contributed by atoms with Gasteiger partial charge in [0.1, 0.15) is 17.9 Å². The number of rotatable bonds is 6. The molecule has 0 bridgehead atoms. The molecule has 0 aliphatic rings. The summed E-state index contributed by atoms with van der Waals surface area (Å²) in [6.45, 7) is 2.19. The number of ether oxygens (including phenoxy) is 1. The summed E-state index contributed by atoms with van der Waals surface area (Å²) in [7, 11) is 0. The molecule has 0 saturated heterocycles. The molecule has 5 heteroatoms. The van der Waals surface area contributed by atoms with E-state index >= 15 is 0 Å². The lowest BCUT2D eigenvalue weighted by molar-refractivity contribution is 0.102. The van der Waals surface area contributed by atoms with E-state index in [2.05, 4.69) is 5.32 Å². The van der Waals surface area contributed by atoms with E-state index in [9.17, 15) is 9.59 Å². The number of hydrogen-bond acceptors (Lipinski definition) is 4. The molecule has 5 nitrogen and oxygen atoms in total. The molecule has 4 aromatic rings. The Labute approximate surface area is 173 Å². The second-order valence-corrected chi connectivity index (χ2v) is 6.88. The number of carbonyl (C=O) groups is 1. The van der Waals surface area contributed by atoms with Crippen LogP contribution in [0.3, 0.4) is 0 Å². The van der Waals surface area contributed by atoms with Crippen molar-refractivity contribution in [2.45, 2.75) is 20.0 Å². The van der Waals surface area contributed by atoms with Gasteiger partial charge in [-0.1, -0.05) is 49.4 Å². The number of hydrogen-bond donors (Lipinski definition) is 1. The van der Waals surface area contributed by atoms with Crippen LogP contribution in [0, 0.1) is 0 Å². The molecule has 3 aromatic carbocycles. The second kappa shape index (κ2) is 8.66. The summed E-state index contributed by atoms with van der Waals surface area (Å²) >= 11 is 0. The van der Waals surface area contributed by atoms with Gasteiger partial charge in [-0.3, -0.25) is 4.79 Å². The van der Waals surface area contributed by atoms with Gasteiger partial charge in [0.2, 0.25) is 0 Å². The first-order valence-corrected chi connectivity index (χ1v) is 9.78. The average molecular weight is 399 g/mol. The lowest BCUT2D eigenvalue weighted by Crippen LogP contribution is -2.14. The molecule has 0 aliphatic heterocycles. The van der Waals surface area contributed by atoms with Crippen molar-refractivity contribution in [3.8, 4) is 5.75 Å². The number of aryl methyl sites for hydroxylation is 1. The van der Waals surface area contributed by atoms with Crippen LogP contribution in [-0.4, -0.2) is 5.91 Å². The standard InChI is InChI=1S/C25H21NO4/c1-2-17-12-13-20-18(15-24(27)30-23(20)14-17)16-29-22-11-7-6-10-21(22)25(28)26-19-8-4-3-5-9-19/h3-15H,2,16H2,1H3,(H,26,28). The highest BCUT2D eigenvalue weighted by Gasteiger charge is 2.14. The van der Waals surface area contributed by atoms with Crippen molar-refractivity contribution in [2.75, 3.05) is 5.32 Å². The average Bonchev–Trinajstić information content (AvgIpc) is 2.77. The highest BCUT2D eigenvalue weighted by atomic mass is 16.5. The van der Waals surface area contributed by atoms with Crippen LogP contribution in [-0.2, 0) is 13.0 Å². The lowest BCUT2D eigenvalue weighted by atomic mass is 10.1. The van der Waals surface area contributed by atoms with Crippen molar-refractivity contribution in [2.24, 2.45) is 0 Å². The molecule has 0 saturated carbocycles. The molecule has 0 unspecified atom stereocenters. The summed E-state index contributed by atoms with van der Waals surface area (Å²) in [5.41, 5.74) is 3.03. The Morgan fingerprint density at radius 1 is 0.967 bits per heavy atom.